The first kappa shape index (κ1) is 46.0. The third-order valence-electron chi connectivity index (χ3n) is 10.1. The van der Waals surface area contributed by atoms with E-state index in [1.165, 1.54) is 6.92 Å². The molecule has 2 aliphatic rings. The summed E-state index contributed by atoms with van der Waals surface area (Å²) < 4.78 is 0. The lowest BCUT2D eigenvalue weighted by molar-refractivity contribution is -0.143. The van der Waals surface area contributed by atoms with Gasteiger partial charge in [0.15, 0.2) is 5.78 Å². The number of carbonyl (C=O) groups excluding carboxylic acids is 6. The van der Waals surface area contributed by atoms with Crippen molar-refractivity contribution in [2.24, 2.45) is 17.8 Å². The van der Waals surface area contributed by atoms with Crippen molar-refractivity contribution in [3.05, 3.63) is 35.4 Å². The van der Waals surface area contributed by atoms with E-state index in [9.17, 15) is 43.8 Å². The second kappa shape index (κ2) is 20.2. The van der Waals surface area contributed by atoms with Gasteiger partial charge in [-0.2, -0.15) is 0 Å². The van der Waals surface area contributed by atoms with Crippen LogP contribution >= 0.6 is 0 Å². The predicted molar refractivity (Wildman–Crippen MR) is 210 cm³/mol. The van der Waals surface area contributed by atoms with Gasteiger partial charge in [0.05, 0.1) is 36.6 Å². The van der Waals surface area contributed by atoms with Crippen molar-refractivity contribution >= 4 is 41.3 Å². The molecule has 15 nitrogen and oxygen atoms in total. The van der Waals surface area contributed by atoms with Crippen LogP contribution < -0.4 is 26.6 Å². The van der Waals surface area contributed by atoms with Crippen molar-refractivity contribution in [1.82, 2.24) is 31.5 Å². The fourth-order valence-electron chi connectivity index (χ4n) is 7.44. The lowest BCUT2D eigenvalue weighted by Crippen LogP contribution is -2.66. The number of aliphatic hydroxyl groups is 1. The van der Waals surface area contributed by atoms with Crippen LogP contribution in [-0.2, 0) is 40.0 Å². The van der Waals surface area contributed by atoms with Gasteiger partial charge < -0.3 is 36.8 Å². The number of benzene rings is 1. The zero-order valence-corrected chi connectivity index (χ0v) is 34.4. The van der Waals surface area contributed by atoms with E-state index in [0.717, 1.165) is 11.1 Å². The second-order valence-corrected chi connectivity index (χ2v) is 17.5. The van der Waals surface area contributed by atoms with Crippen LogP contribution in [0.5, 0.6) is 0 Å². The summed E-state index contributed by atoms with van der Waals surface area (Å²) in [4.78, 5) is 98.5. The van der Waals surface area contributed by atoms with Crippen LogP contribution in [0.4, 0.5) is 0 Å². The molecule has 2 saturated heterocycles. The quantitative estimate of drug-likeness (QED) is 0.182. The van der Waals surface area contributed by atoms with Gasteiger partial charge in [0.1, 0.15) is 18.1 Å². The predicted octanol–water partition coefficient (Wildman–Crippen LogP) is 1.76. The van der Waals surface area contributed by atoms with E-state index in [4.69, 9.17) is 0 Å². The Morgan fingerprint density at radius 3 is 2.00 bits per heavy atom. The SMILES string of the molecule is Cc1ccc(C[C@@H]2NC(=O)[C@@H]3CCCN3[C@H](C(=O)NC(C)(C)C)[C@H](CC(C)C)NC(=O)[C@H]([C@@H](C)O)NC(=O)[C@H](CC(=O)O)CC(=O)[C@H](CC(C)C)NC2=O)cc1. The van der Waals surface area contributed by atoms with Crippen LogP contribution in [-0.4, -0.2) is 111 Å². The van der Waals surface area contributed by atoms with Crippen molar-refractivity contribution in [3.8, 4) is 0 Å². The molecule has 0 unspecified atom stereocenters. The van der Waals surface area contributed by atoms with Gasteiger partial charge in [0.25, 0.3) is 0 Å². The molecule has 2 fully saturated rings. The second-order valence-electron chi connectivity index (χ2n) is 17.5. The summed E-state index contributed by atoms with van der Waals surface area (Å²) in [5, 5.41) is 34.7. The Morgan fingerprint density at radius 2 is 1.45 bits per heavy atom. The highest BCUT2D eigenvalue weighted by atomic mass is 16.4. The minimum Gasteiger partial charge on any atom is -0.481 e. The van der Waals surface area contributed by atoms with Gasteiger partial charge >= 0.3 is 5.97 Å². The Hall–Kier alpha value is -4.37. The van der Waals surface area contributed by atoms with E-state index in [2.05, 4.69) is 26.6 Å². The minimum absolute atomic E-state index is 0.0649. The lowest BCUT2D eigenvalue weighted by Gasteiger charge is -2.40. The van der Waals surface area contributed by atoms with Crippen molar-refractivity contribution in [2.45, 2.75) is 155 Å². The summed E-state index contributed by atoms with van der Waals surface area (Å²) in [7, 11) is 0. The molecule has 1 aromatic rings. The van der Waals surface area contributed by atoms with Crippen molar-refractivity contribution in [1.29, 1.82) is 0 Å². The smallest absolute Gasteiger partial charge is 0.304 e. The number of aliphatic carboxylic acids is 1. The highest BCUT2D eigenvalue weighted by Crippen LogP contribution is 2.26. The first-order chi connectivity index (χ1) is 26.1. The number of ketones is 1. The molecule has 5 amide bonds. The number of carboxylic acid groups (broad SMARTS) is 1. The van der Waals surface area contributed by atoms with Crippen molar-refractivity contribution in [3.63, 3.8) is 0 Å². The number of fused-ring (bicyclic) bond motifs is 1. The molecule has 1 aromatic carbocycles. The molecule has 3 rings (SSSR count). The number of nitrogens with zero attached hydrogens (tertiary/aromatic N) is 1. The highest BCUT2D eigenvalue weighted by molar-refractivity contribution is 5.97. The van der Waals surface area contributed by atoms with E-state index < -0.39 is 108 Å². The molecule has 2 aliphatic heterocycles. The van der Waals surface area contributed by atoms with Gasteiger partial charge in [-0.1, -0.05) is 57.5 Å². The van der Waals surface area contributed by atoms with E-state index in [-0.39, 0.29) is 31.1 Å². The van der Waals surface area contributed by atoms with E-state index in [1.807, 2.05) is 79.7 Å². The van der Waals surface area contributed by atoms with E-state index >= 15 is 0 Å². The molecule has 8 atom stereocenters. The maximum atomic E-state index is 14.4. The summed E-state index contributed by atoms with van der Waals surface area (Å²) >= 11 is 0. The highest BCUT2D eigenvalue weighted by Gasteiger charge is 2.45. The molecule has 2 heterocycles. The van der Waals surface area contributed by atoms with Crippen LogP contribution in [0.3, 0.4) is 0 Å². The molecular weight excluding hydrogens is 720 g/mol. The number of nitrogens with one attached hydrogen (secondary N) is 5. The summed E-state index contributed by atoms with van der Waals surface area (Å²) in [5.74, 6) is -6.93. The van der Waals surface area contributed by atoms with Gasteiger partial charge in [0, 0.05) is 18.4 Å². The van der Waals surface area contributed by atoms with Crippen LogP contribution in [0.15, 0.2) is 24.3 Å². The number of aryl methyl sites for hydroxylation is 1. The third-order valence-corrected chi connectivity index (χ3v) is 10.1. The van der Waals surface area contributed by atoms with Gasteiger partial charge in [-0.05, 0) is 84.2 Å². The Kier molecular flexibility index (Phi) is 16.6. The number of hydrogen-bond acceptors (Lipinski definition) is 9. The standard InChI is InChI=1S/C41H64N6O9/c1-22(2)17-28-32(49)20-27(21-33(50)51)36(52)45-34(25(6)48)39(55)43-29(18-23(3)4)35(40(56)46-41(7,8)9)47-16-10-11-31(47)38(54)44-30(37(53)42-28)19-26-14-12-24(5)13-15-26/h12-15,22-23,25,27-31,34-35,48H,10-11,16-21H2,1-9H3,(H,42,53)(H,43,55)(H,44,54)(H,45,52)(H,46,56)(H,50,51)/t25-,27+,28+,29+,30+,31+,34+,35+/m1/s1. The Bertz CT molecular complexity index is 1570. The minimum atomic E-state index is -1.58. The van der Waals surface area contributed by atoms with Crippen molar-refractivity contribution < 1.29 is 43.8 Å². The van der Waals surface area contributed by atoms with Crippen molar-refractivity contribution in [2.75, 3.05) is 6.54 Å². The van der Waals surface area contributed by atoms with Crippen LogP contribution in [0.1, 0.15) is 105 Å². The number of carbonyl (C=O) groups is 7. The van der Waals surface area contributed by atoms with Gasteiger partial charge in [0.2, 0.25) is 29.5 Å². The topological polar surface area (TPSA) is 223 Å². The summed E-state index contributed by atoms with van der Waals surface area (Å²) in [5.41, 5.74) is 1.06. The molecular formula is C41H64N6O9. The molecule has 0 aliphatic carbocycles. The number of carboxylic acids is 1. The number of rotatable bonds is 10. The Balaban J connectivity index is 2.23. The molecule has 56 heavy (non-hydrogen) atoms. The van der Waals surface area contributed by atoms with E-state index in [1.54, 1.807) is 4.90 Å². The number of aliphatic hydroxyl groups excluding tert-OH is 1. The average Bonchev–Trinajstić information content (AvgIpc) is 3.54. The molecule has 15 heteroatoms. The molecule has 0 saturated carbocycles. The first-order valence-corrected chi connectivity index (χ1v) is 19.8. The molecule has 0 radical (unpaired) electrons. The monoisotopic (exact) mass is 784 g/mol. The maximum Gasteiger partial charge on any atom is 0.304 e. The molecule has 7 N–H and O–H groups in total. The van der Waals surface area contributed by atoms with Crippen LogP contribution in [0.2, 0.25) is 0 Å². The fraction of sp³-hybridized carbons (Fsp3) is 0.683. The third kappa shape index (κ3) is 13.7. The van der Waals surface area contributed by atoms with Gasteiger partial charge in [-0.3, -0.25) is 38.5 Å². The molecule has 312 valence electrons. The first-order valence-electron chi connectivity index (χ1n) is 19.8. The molecule has 0 bridgehead atoms. The fourth-order valence-corrected chi connectivity index (χ4v) is 7.44. The van der Waals surface area contributed by atoms with Crippen LogP contribution in [0.25, 0.3) is 0 Å². The number of hydrogen-bond donors (Lipinski definition) is 7. The maximum absolute atomic E-state index is 14.4. The Morgan fingerprint density at radius 1 is 0.839 bits per heavy atom. The number of amides is 5. The zero-order valence-electron chi connectivity index (χ0n) is 34.4. The lowest BCUT2D eigenvalue weighted by atomic mass is 9.90. The Labute approximate surface area is 330 Å². The zero-order chi connectivity index (χ0) is 42.1. The summed E-state index contributed by atoms with van der Waals surface area (Å²) in [6, 6.07) is 0.725. The average molecular weight is 785 g/mol. The summed E-state index contributed by atoms with van der Waals surface area (Å²) in [6.45, 7) is 16.5. The van der Waals surface area contributed by atoms with E-state index in [0.29, 0.717) is 19.4 Å². The summed E-state index contributed by atoms with van der Waals surface area (Å²) in [6.07, 6.45) is -1.40. The van der Waals surface area contributed by atoms with Gasteiger partial charge in [-0.15, -0.1) is 0 Å². The molecule has 0 spiro atoms. The normalized spacial score (nSPS) is 27.0. The van der Waals surface area contributed by atoms with Crippen LogP contribution in [0, 0.1) is 24.7 Å². The molecule has 0 aromatic heterocycles. The number of Topliss-reactive ketones (excluding diaryl/α,β-unsaturated/α-hetero) is 1. The largest absolute Gasteiger partial charge is 0.481 e. The van der Waals surface area contributed by atoms with Gasteiger partial charge in [-0.25, -0.2) is 0 Å².